The van der Waals surface area contributed by atoms with E-state index in [4.69, 9.17) is 9.47 Å². The molecule has 0 bridgehead atoms. The molecular formula is C10H10F3NO4. The summed E-state index contributed by atoms with van der Waals surface area (Å²) in [6.45, 7) is -1.44. The Balaban J connectivity index is 1.90. The van der Waals surface area contributed by atoms with Crippen LogP contribution in [0.1, 0.15) is 5.56 Å². The van der Waals surface area contributed by atoms with Gasteiger partial charge in [-0.3, -0.25) is 4.84 Å². The molecule has 0 radical (unpaired) electrons. The second-order valence-electron chi connectivity index (χ2n) is 3.56. The van der Waals surface area contributed by atoms with Crippen LogP contribution in [0.15, 0.2) is 12.1 Å². The molecule has 100 valence electrons. The molecule has 0 amide bonds. The number of hydrogen-bond acceptors (Lipinski definition) is 5. The number of phenols is 1. The van der Waals surface area contributed by atoms with Gasteiger partial charge < -0.3 is 14.6 Å². The van der Waals surface area contributed by atoms with E-state index in [-0.39, 0.29) is 19.1 Å². The van der Waals surface area contributed by atoms with Crippen molar-refractivity contribution in [3.8, 4) is 17.2 Å². The smallest absolute Gasteiger partial charge is 0.413 e. The summed E-state index contributed by atoms with van der Waals surface area (Å²) < 4.78 is 45.5. The van der Waals surface area contributed by atoms with E-state index in [1.165, 1.54) is 12.1 Å². The minimum atomic E-state index is -4.40. The molecule has 5 nitrogen and oxygen atoms in total. The molecule has 0 saturated heterocycles. The van der Waals surface area contributed by atoms with E-state index in [9.17, 15) is 18.3 Å². The summed E-state index contributed by atoms with van der Waals surface area (Å²) in [4.78, 5) is 4.22. The first kappa shape index (κ1) is 12.8. The van der Waals surface area contributed by atoms with Gasteiger partial charge in [0.25, 0.3) is 0 Å². The Labute approximate surface area is 100 Å². The number of phenolic OH excluding ortho intramolecular Hbond substituents is 1. The third kappa shape index (κ3) is 3.17. The molecule has 0 atom stereocenters. The number of benzene rings is 1. The number of rotatable bonds is 4. The monoisotopic (exact) mass is 265 g/mol. The van der Waals surface area contributed by atoms with Crippen LogP contribution in [0, 0.1) is 0 Å². The molecule has 0 spiro atoms. The molecule has 0 fully saturated rings. The molecule has 8 heteroatoms. The second kappa shape index (κ2) is 4.91. The van der Waals surface area contributed by atoms with Gasteiger partial charge in [-0.15, -0.1) is 0 Å². The molecule has 0 saturated carbocycles. The van der Waals surface area contributed by atoms with Crippen molar-refractivity contribution >= 4 is 0 Å². The predicted molar refractivity (Wildman–Crippen MR) is 53.1 cm³/mol. The Kier molecular flexibility index (Phi) is 3.48. The lowest BCUT2D eigenvalue weighted by Gasteiger charge is -2.10. The van der Waals surface area contributed by atoms with Crippen LogP contribution >= 0.6 is 0 Å². The zero-order chi connectivity index (χ0) is 13.2. The van der Waals surface area contributed by atoms with E-state index in [2.05, 4.69) is 10.3 Å². The van der Waals surface area contributed by atoms with Crippen molar-refractivity contribution < 1.29 is 32.6 Å². The minimum Gasteiger partial charge on any atom is -0.507 e. The topological polar surface area (TPSA) is 60.0 Å². The van der Waals surface area contributed by atoms with Gasteiger partial charge in [-0.05, 0) is 6.07 Å². The third-order valence-corrected chi connectivity index (χ3v) is 2.17. The predicted octanol–water partition coefficient (Wildman–Crippen LogP) is 1.70. The average Bonchev–Trinajstić information content (AvgIpc) is 2.70. The molecule has 1 aliphatic heterocycles. The Hall–Kier alpha value is -1.67. The van der Waals surface area contributed by atoms with Gasteiger partial charge in [0.2, 0.25) is 6.79 Å². The van der Waals surface area contributed by atoms with Crippen molar-refractivity contribution in [1.29, 1.82) is 0 Å². The van der Waals surface area contributed by atoms with Crippen molar-refractivity contribution in [2.75, 3.05) is 13.4 Å². The molecule has 2 rings (SSSR count). The second-order valence-corrected chi connectivity index (χ2v) is 3.56. The quantitative estimate of drug-likeness (QED) is 0.641. The Morgan fingerprint density at radius 3 is 2.61 bits per heavy atom. The van der Waals surface area contributed by atoms with Crippen molar-refractivity contribution in [2.24, 2.45) is 0 Å². The van der Waals surface area contributed by atoms with Crippen molar-refractivity contribution in [1.82, 2.24) is 5.48 Å². The highest BCUT2D eigenvalue weighted by Crippen LogP contribution is 2.37. The number of aromatic hydroxyl groups is 1. The maximum Gasteiger partial charge on any atom is 0.413 e. The summed E-state index contributed by atoms with van der Waals surface area (Å²) in [5.41, 5.74) is 2.46. The molecule has 0 unspecified atom stereocenters. The number of fused-ring (bicyclic) bond motifs is 1. The highest BCUT2D eigenvalue weighted by atomic mass is 19.4. The van der Waals surface area contributed by atoms with Crippen molar-refractivity contribution in [2.45, 2.75) is 12.7 Å². The standard InChI is InChI=1S/C10H10F3NO4/c11-10(12,13)4-18-14-3-6-1-8-9(2-7(6)15)17-5-16-8/h1-2,14-15H,3-5H2. The van der Waals surface area contributed by atoms with Crippen LogP contribution < -0.4 is 15.0 Å². The van der Waals surface area contributed by atoms with Crippen molar-refractivity contribution in [3.63, 3.8) is 0 Å². The van der Waals surface area contributed by atoms with Gasteiger partial charge in [0.15, 0.2) is 18.1 Å². The van der Waals surface area contributed by atoms with Gasteiger partial charge in [0, 0.05) is 18.2 Å². The largest absolute Gasteiger partial charge is 0.507 e. The molecule has 2 N–H and O–H groups in total. The van der Waals surface area contributed by atoms with E-state index in [1.54, 1.807) is 0 Å². The molecule has 18 heavy (non-hydrogen) atoms. The molecule has 1 aromatic rings. The van der Waals surface area contributed by atoms with E-state index >= 15 is 0 Å². The first-order valence-corrected chi connectivity index (χ1v) is 4.98. The van der Waals surface area contributed by atoms with Gasteiger partial charge in [-0.2, -0.15) is 18.7 Å². The summed E-state index contributed by atoms with van der Waals surface area (Å²) in [6, 6.07) is 2.81. The zero-order valence-corrected chi connectivity index (χ0v) is 9.08. The summed E-state index contributed by atoms with van der Waals surface area (Å²) in [5.74, 6) is 0.718. The Bertz CT molecular complexity index is 436. The Morgan fingerprint density at radius 2 is 1.94 bits per heavy atom. The molecular weight excluding hydrogens is 255 g/mol. The molecule has 0 aliphatic carbocycles. The number of alkyl halides is 3. The highest BCUT2D eigenvalue weighted by molar-refractivity contribution is 5.51. The summed E-state index contributed by atoms with van der Waals surface area (Å²) >= 11 is 0. The number of hydrogen-bond donors (Lipinski definition) is 2. The van der Waals surface area contributed by atoms with Crippen molar-refractivity contribution in [3.05, 3.63) is 17.7 Å². The summed E-state index contributed by atoms with van der Waals surface area (Å²) in [6.07, 6.45) is -4.40. The molecule has 1 heterocycles. The van der Waals surface area contributed by atoms with Gasteiger partial charge in [0.1, 0.15) is 5.75 Å². The van der Waals surface area contributed by atoms with Crippen LogP contribution in [0.3, 0.4) is 0 Å². The maximum absolute atomic E-state index is 11.8. The molecule has 1 aromatic carbocycles. The lowest BCUT2D eigenvalue weighted by atomic mass is 10.2. The van der Waals surface area contributed by atoms with Crippen LogP contribution in [-0.4, -0.2) is 24.7 Å². The molecule has 1 aliphatic rings. The fraction of sp³-hybridized carbons (Fsp3) is 0.400. The first-order chi connectivity index (χ1) is 8.46. The van der Waals surface area contributed by atoms with Gasteiger partial charge >= 0.3 is 6.18 Å². The van der Waals surface area contributed by atoms with Crippen LogP contribution in [0.25, 0.3) is 0 Å². The highest BCUT2D eigenvalue weighted by Gasteiger charge is 2.27. The average molecular weight is 265 g/mol. The Morgan fingerprint density at radius 1 is 1.28 bits per heavy atom. The van der Waals surface area contributed by atoms with Crippen LogP contribution in [0.5, 0.6) is 17.2 Å². The van der Waals surface area contributed by atoms with E-state index in [0.29, 0.717) is 17.1 Å². The number of halogens is 3. The van der Waals surface area contributed by atoms with E-state index in [0.717, 1.165) is 0 Å². The lowest BCUT2D eigenvalue weighted by molar-refractivity contribution is -0.190. The third-order valence-electron chi connectivity index (χ3n) is 2.17. The van der Waals surface area contributed by atoms with Crippen LogP contribution in [0.4, 0.5) is 13.2 Å². The SMILES string of the molecule is Oc1cc2c(cc1CNOCC(F)(F)F)OCO2. The number of hydroxylamine groups is 1. The fourth-order valence-electron chi connectivity index (χ4n) is 1.38. The molecule has 0 aromatic heterocycles. The fourth-order valence-corrected chi connectivity index (χ4v) is 1.38. The van der Waals surface area contributed by atoms with E-state index in [1.807, 2.05) is 0 Å². The van der Waals surface area contributed by atoms with Crippen LogP contribution in [0.2, 0.25) is 0 Å². The van der Waals surface area contributed by atoms with Gasteiger partial charge in [-0.25, -0.2) is 0 Å². The number of ether oxygens (including phenoxy) is 2. The van der Waals surface area contributed by atoms with Gasteiger partial charge in [0.05, 0.1) is 0 Å². The first-order valence-electron chi connectivity index (χ1n) is 4.98. The number of nitrogens with one attached hydrogen (secondary N) is 1. The lowest BCUT2D eigenvalue weighted by Crippen LogP contribution is -2.24. The minimum absolute atomic E-state index is 0.0518. The van der Waals surface area contributed by atoms with Crippen LogP contribution in [-0.2, 0) is 11.4 Å². The van der Waals surface area contributed by atoms with E-state index < -0.39 is 12.8 Å². The summed E-state index contributed by atoms with van der Waals surface area (Å²) in [5, 5.41) is 9.58. The normalized spacial score (nSPS) is 13.9. The maximum atomic E-state index is 11.8. The summed E-state index contributed by atoms with van der Waals surface area (Å²) in [7, 11) is 0. The zero-order valence-electron chi connectivity index (χ0n) is 9.08. The van der Waals surface area contributed by atoms with Gasteiger partial charge in [-0.1, -0.05) is 0 Å².